The van der Waals surface area contributed by atoms with Crippen LogP contribution in [0, 0.1) is 0 Å². The predicted octanol–water partition coefficient (Wildman–Crippen LogP) is 4.79. The molecule has 0 fully saturated rings. The molecule has 1 aromatic carbocycles. The van der Waals surface area contributed by atoms with Crippen LogP contribution >= 0.6 is 0 Å². The third-order valence-electron chi connectivity index (χ3n) is 4.43. The third-order valence-corrected chi connectivity index (χ3v) is 4.43. The highest BCUT2D eigenvalue weighted by atomic mass is 16.3. The van der Waals surface area contributed by atoms with Gasteiger partial charge < -0.3 is 9.73 Å². The molecule has 0 aliphatic carbocycles. The number of hydrogen-bond donors (Lipinski definition) is 1. The van der Waals surface area contributed by atoms with Gasteiger partial charge in [-0.1, -0.05) is 40.7 Å². The number of aryl methyl sites for hydroxylation is 1. The van der Waals surface area contributed by atoms with E-state index < -0.39 is 0 Å². The van der Waals surface area contributed by atoms with Crippen LogP contribution in [0.3, 0.4) is 0 Å². The van der Waals surface area contributed by atoms with E-state index in [1.165, 1.54) is 16.5 Å². The first kappa shape index (κ1) is 15.1. The molecule has 0 aliphatic heterocycles. The number of fused-ring (bicyclic) bond motifs is 1. The Labute approximate surface area is 122 Å². The maximum Gasteiger partial charge on any atom is 0.134 e. The fraction of sp³-hybridized carbons (Fsp3) is 0.556. The largest absolute Gasteiger partial charge is 0.459 e. The second kappa shape index (κ2) is 6.01. The van der Waals surface area contributed by atoms with Gasteiger partial charge in [-0.2, -0.15) is 0 Å². The summed E-state index contributed by atoms with van der Waals surface area (Å²) in [7, 11) is 0. The van der Waals surface area contributed by atoms with Crippen LogP contribution in [0.25, 0.3) is 11.0 Å². The Bertz CT molecular complexity index is 580. The minimum atomic E-state index is 0.221. The molecule has 20 heavy (non-hydrogen) atoms. The first-order chi connectivity index (χ1) is 9.53. The van der Waals surface area contributed by atoms with Crippen molar-refractivity contribution < 1.29 is 4.42 Å². The molecule has 0 bridgehead atoms. The zero-order valence-corrected chi connectivity index (χ0v) is 13.5. The highest BCUT2D eigenvalue weighted by molar-refractivity contribution is 5.83. The number of furan rings is 1. The molecular weight excluding hydrogens is 246 g/mol. The highest BCUT2D eigenvalue weighted by Crippen LogP contribution is 2.33. The average molecular weight is 273 g/mol. The van der Waals surface area contributed by atoms with Gasteiger partial charge in [0.15, 0.2) is 0 Å². The van der Waals surface area contributed by atoms with Crippen molar-refractivity contribution in [2.45, 2.75) is 59.4 Å². The van der Waals surface area contributed by atoms with Crippen LogP contribution in [-0.2, 0) is 18.4 Å². The molecular formula is C18H27NO. The number of benzene rings is 1. The summed E-state index contributed by atoms with van der Waals surface area (Å²) in [6.45, 7) is 13.0. The van der Waals surface area contributed by atoms with Crippen LogP contribution in [-0.4, -0.2) is 6.54 Å². The van der Waals surface area contributed by atoms with Crippen molar-refractivity contribution in [1.82, 2.24) is 5.32 Å². The molecule has 0 radical (unpaired) electrons. The molecule has 0 amide bonds. The number of nitrogens with one attached hydrogen (secondary N) is 1. The summed E-state index contributed by atoms with van der Waals surface area (Å²) in [5.41, 5.74) is 4.00. The maximum absolute atomic E-state index is 6.03. The Morgan fingerprint density at radius 3 is 2.50 bits per heavy atom. The molecule has 1 aromatic heterocycles. The minimum Gasteiger partial charge on any atom is -0.459 e. The molecule has 0 atom stereocenters. The van der Waals surface area contributed by atoms with Crippen LogP contribution in [0.15, 0.2) is 22.6 Å². The molecule has 0 aliphatic rings. The molecule has 2 nitrogen and oxygen atoms in total. The zero-order valence-electron chi connectivity index (χ0n) is 13.5. The number of hydrogen-bond acceptors (Lipinski definition) is 2. The topological polar surface area (TPSA) is 25.2 Å². The van der Waals surface area contributed by atoms with Crippen molar-refractivity contribution in [3.63, 3.8) is 0 Å². The van der Waals surface area contributed by atoms with E-state index in [9.17, 15) is 0 Å². The summed E-state index contributed by atoms with van der Waals surface area (Å²) < 4.78 is 6.03. The van der Waals surface area contributed by atoms with E-state index in [-0.39, 0.29) is 5.41 Å². The summed E-state index contributed by atoms with van der Waals surface area (Å²) in [6, 6.07) is 6.68. The van der Waals surface area contributed by atoms with Crippen molar-refractivity contribution in [2.24, 2.45) is 0 Å². The molecule has 1 heterocycles. The lowest BCUT2D eigenvalue weighted by Gasteiger charge is -2.23. The van der Waals surface area contributed by atoms with Crippen LogP contribution < -0.4 is 5.32 Å². The summed E-state index contributed by atoms with van der Waals surface area (Å²) in [5, 5.41) is 4.65. The van der Waals surface area contributed by atoms with Crippen LogP contribution in [0.1, 0.15) is 57.9 Å². The lowest BCUT2D eigenvalue weighted by atomic mass is 9.81. The standard InChI is InChI=1S/C18H27NO/c1-6-14-15-11-13(18(4,5)7-2)9-10-16(15)20-17(14)12-19-8-3/h9-11,19H,6-8,12H2,1-5H3. The first-order valence-corrected chi connectivity index (χ1v) is 7.79. The smallest absolute Gasteiger partial charge is 0.134 e. The van der Waals surface area contributed by atoms with Crippen molar-refractivity contribution in [1.29, 1.82) is 0 Å². The summed E-state index contributed by atoms with van der Waals surface area (Å²) >= 11 is 0. The van der Waals surface area contributed by atoms with Gasteiger partial charge in [0, 0.05) is 10.9 Å². The molecule has 2 heteroatoms. The van der Waals surface area contributed by atoms with Gasteiger partial charge in [-0.25, -0.2) is 0 Å². The van der Waals surface area contributed by atoms with Gasteiger partial charge in [0.25, 0.3) is 0 Å². The SMILES string of the molecule is CCNCc1oc2ccc(C(C)(C)CC)cc2c1CC. The molecule has 0 saturated carbocycles. The molecule has 2 aromatic rings. The van der Waals surface area contributed by atoms with E-state index in [4.69, 9.17) is 4.42 Å². The second-order valence-electron chi connectivity index (χ2n) is 6.09. The van der Waals surface area contributed by atoms with Gasteiger partial charge in [-0.15, -0.1) is 0 Å². The molecule has 1 N–H and O–H groups in total. The Hall–Kier alpha value is -1.28. The fourth-order valence-corrected chi connectivity index (χ4v) is 2.59. The fourth-order valence-electron chi connectivity index (χ4n) is 2.59. The Morgan fingerprint density at radius 1 is 1.15 bits per heavy atom. The molecule has 110 valence electrons. The molecule has 0 saturated heterocycles. The van der Waals surface area contributed by atoms with E-state index in [0.29, 0.717) is 0 Å². The van der Waals surface area contributed by atoms with Crippen molar-refractivity contribution in [2.75, 3.05) is 6.54 Å². The zero-order chi connectivity index (χ0) is 14.8. The molecule has 2 rings (SSSR count). The highest BCUT2D eigenvalue weighted by Gasteiger charge is 2.20. The lowest BCUT2D eigenvalue weighted by Crippen LogP contribution is -2.15. The quantitative estimate of drug-likeness (QED) is 0.818. The predicted molar refractivity (Wildman–Crippen MR) is 86.3 cm³/mol. The lowest BCUT2D eigenvalue weighted by molar-refractivity contribution is 0.505. The van der Waals surface area contributed by atoms with E-state index in [2.05, 4.69) is 58.1 Å². The molecule has 0 unspecified atom stereocenters. The Balaban J connectivity index is 2.50. The Kier molecular flexibility index (Phi) is 4.54. The third kappa shape index (κ3) is 2.76. The van der Waals surface area contributed by atoms with Gasteiger partial charge in [-0.05, 0) is 42.5 Å². The summed E-state index contributed by atoms with van der Waals surface area (Å²) in [4.78, 5) is 0. The molecule has 0 spiro atoms. The van der Waals surface area contributed by atoms with Gasteiger partial charge in [0.1, 0.15) is 11.3 Å². The summed E-state index contributed by atoms with van der Waals surface area (Å²) in [5.74, 6) is 1.09. The van der Waals surface area contributed by atoms with E-state index in [0.717, 1.165) is 37.3 Å². The van der Waals surface area contributed by atoms with E-state index in [1.54, 1.807) is 0 Å². The minimum absolute atomic E-state index is 0.221. The Morgan fingerprint density at radius 2 is 1.90 bits per heavy atom. The van der Waals surface area contributed by atoms with Crippen LogP contribution in [0.5, 0.6) is 0 Å². The van der Waals surface area contributed by atoms with Gasteiger partial charge in [-0.3, -0.25) is 0 Å². The maximum atomic E-state index is 6.03. The van der Waals surface area contributed by atoms with Crippen molar-refractivity contribution >= 4 is 11.0 Å². The van der Waals surface area contributed by atoms with Crippen molar-refractivity contribution in [3.8, 4) is 0 Å². The first-order valence-electron chi connectivity index (χ1n) is 7.79. The average Bonchev–Trinajstić information content (AvgIpc) is 2.81. The van der Waals surface area contributed by atoms with Crippen molar-refractivity contribution in [3.05, 3.63) is 35.1 Å². The monoisotopic (exact) mass is 273 g/mol. The second-order valence-corrected chi connectivity index (χ2v) is 6.09. The number of rotatable bonds is 6. The van der Waals surface area contributed by atoms with E-state index >= 15 is 0 Å². The normalized spacial score (nSPS) is 12.2. The van der Waals surface area contributed by atoms with Gasteiger partial charge >= 0.3 is 0 Å². The van der Waals surface area contributed by atoms with Crippen LogP contribution in [0.2, 0.25) is 0 Å². The van der Waals surface area contributed by atoms with Gasteiger partial charge in [0.2, 0.25) is 0 Å². The van der Waals surface area contributed by atoms with Gasteiger partial charge in [0.05, 0.1) is 6.54 Å². The summed E-state index contributed by atoms with van der Waals surface area (Å²) in [6.07, 6.45) is 2.16. The van der Waals surface area contributed by atoms with Crippen LogP contribution in [0.4, 0.5) is 0 Å². The van der Waals surface area contributed by atoms with E-state index in [1.807, 2.05) is 0 Å².